The van der Waals surface area contributed by atoms with E-state index in [4.69, 9.17) is 11.5 Å². The molecule has 0 aliphatic carbocycles. The number of hydrogen-bond acceptors (Lipinski definition) is 16. The van der Waals surface area contributed by atoms with Gasteiger partial charge in [0.1, 0.15) is 6.04 Å². The molecule has 3 atom stereocenters. The lowest BCUT2D eigenvalue weighted by Gasteiger charge is -2.33. The van der Waals surface area contributed by atoms with Crippen molar-refractivity contribution in [2.45, 2.75) is 63.2 Å². The molecule has 27 heteroatoms. The van der Waals surface area contributed by atoms with Crippen LogP contribution in [0.2, 0.25) is 0 Å². The number of amides is 5. The van der Waals surface area contributed by atoms with Gasteiger partial charge in [-0.1, -0.05) is 12.1 Å². The fraction of sp³-hybridized carbons (Fsp3) is 0.643. The van der Waals surface area contributed by atoms with Crippen LogP contribution in [0, 0.1) is 0 Å². The van der Waals surface area contributed by atoms with Crippen molar-refractivity contribution < 1.29 is 68.8 Å². The summed E-state index contributed by atoms with van der Waals surface area (Å²) in [4.78, 5) is 113. The lowest BCUT2D eigenvalue weighted by molar-refractivity contribution is -0.140. The molecule has 1 aromatic rings. The van der Waals surface area contributed by atoms with E-state index in [1.165, 1.54) is 17.0 Å². The Balaban J connectivity index is 1.52. The number of aliphatic hydroxyl groups is 1. The van der Waals surface area contributed by atoms with Gasteiger partial charge in [-0.05, 0) is 49.8 Å². The molecule has 2 saturated heterocycles. The summed E-state index contributed by atoms with van der Waals surface area (Å²) in [5.41, 5.74) is 11.9. The van der Waals surface area contributed by atoms with Gasteiger partial charge in [0, 0.05) is 97.6 Å². The van der Waals surface area contributed by atoms with E-state index in [2.05, 4.69) is 20.9 Å². The van der Waals surface area contributed by atoms with Crippen LogP contribution in [0.15, 0.2) is 29.3 Å². The number of aliphatic imine (C=N–C) groups is 1. The summed E-state index contributed by atoms with van der Waals surface area (Å²) >= 11 is 0. The fourth-order valence-electron chi connectivity index (χ4n) is 7.83. The number of nitrogens with two attached hydrogens (primary N) is 2. The zero-order valence-electron chi connectivity index (χ0n) is 39.1. The number of likely N-dealkylation sites (tertiary alicyclic amines) is 1. The molecular weight excluding hydrogens is 907 g/mol. The number of carbonyl (C=O) groups is 8. The van der Waals surface area contributed by atoms with Gasteiger partial charge in [0.15, 0.2) is 5.96 Å². The lowest BCUT2D eigenvalue weighted by Crippen LogP contribution is -2.52. The Kier molecular flexibility index (Phi) is 24.8. The van der Waals surface area contributed by atoms with Crippen molar-refractivity contribution in [1.82, 2.24) is 45.3 Å². The minimum Gasteiger partial charge on any atom is -0.480 e. The first-order chi connectivity index (χ1) is 32.7. The van der Waals surface area contributed by atoms with Crippen LogP contribution in [0.3, 0.4) is 0 Å². The summed E-state index contributed by atoms with van der Waals surface area (Å²) in [5.74, 6) is -6.59. The minimum absolute atomic E-state index is 0.00956. The van der Waals surface area contributed by atoms with Crippen LogP contribution >= 0.6 is 0 Å². The Bertz CT molecular complexity index is 1880. The van der Waals surface area contributed by atoms with Gasteiger partial charge in [0.25, 0.3) is 5.91 Å². The Morgan fingerprint density at radius 2 is 1.28 bits per heavy atom. The number of aliphatic hydroxyl groups excluding tert-OH is 1. The van der Waals surface area contributed by atoms with E-state index >= 15 is 0 Å². The Labute approximate surface area is 400 Å². The Hall–Kier alpha value is -5.97. The molecule has 5 amide bonds. The van der Waals surface area contributed by atoms with Crippen molar-refractivity contribution in [3.05, 3.63) is 35.4 Å². The molecule has 1 aromatic carbocycles. The minimum atomic E-state index is -1.83. The molecular formula is C42H69BN12O14. The highest BCUT2D eigenvalue weighted by Crippen LogP contribution is 2.19. The third-order valence-corrected chi connectivity index (χ3v) is 11.6. The van der Waals surface area contributed by atoms with E-state index in [1.54, 1.807) is 38.8 Å². The molecule has 69 heavy (non-hydrogen) atoms. The number of carbonyl (C=O) groups excluding carboxylic acids is 5. The summed E-state index contributed by atoms with van der Waals surface area (Å²) < 4.78 is 0. The van der Waals surface area contributed by atoms with Crippen molar-refractivity contribution in [3.8, 4) is 0 Å². The third kappa shape index (κ3) is 22.3. The molecule has 3 rings (SSSR count). The average Bonchev–Trinajstić information content (AvgIpc) is 3.69. The van der Waals surface area contributed by atoms with Crippen molar-refractivity contribution in [1.29, 1.82) is 0 Å². The number of guanidine groups is 1. The van der Waals surface area contributed by atoms with Crippen molar-refractivity contribution in [3.63, 3.8) is 0 Å². The van der Waals surface area contributed by atoms with Gasteiger partial charge < -0.3 is 67.7 Å². The van der Waals surface area contributed by atoms with E-state index < -0.39 is 67.4 Å². The Morgan fingerprint density at radius 3 is 1.77 bits per heavy atom. The second-order valence-electron chi connectivity index (χ2n) is 17.1. The summed E-state index contributed by atoms with van der Waals surface area (Å²) in [6, 6.07) is 5.37. The van der Waals surface area contributed by atoms with Gasteiger partial charge in [0.2, 0.25) is 23.6 Å². The normalized spacial score (nSPS) is 18.2. The number of likely N-dealkylation sites (N-methyl/N-ethyl adjacent to an activating group) is 1. The van der Waals surface area contributed by atoms with E-state index in [9.17, 15) is 68.8 Å². The maximum absolute atomic E-state index is 13.8. The quantitative estimate of drug-likeness (QED) is 0.0189. The van der Waals surface area contributed by atoms with Crippen LogP contribution in [0.4, 0.5) is 0 Å². The van der Waals surface area contributed by atoms with Crippen LogP contribution in [-0.2, 0) is 40.1 Å². The van der Waals surface area contributed by atoms with Crippen LogP contribution in [0.25, 0.3) is 0 Å². The number of benzene rings is 1. The fourth-order valence-corrected chi connectivity index (χ4v) is 7.83. The van der Waals surface area contributed by atoms with E-state index in [-0.39, 0.29) is 147 Å². The second-order valence-corrected chi connectivity index (χ2v) is 17.1. The molecule has 0 saturated carbocycles. The van der Waals surface area contributed by atoms with Crippen molar-refractivity contribution in [2.75, 3.05) is 112 Å². The maximum atomic E-state index is 13.8. The van der Waals surface area contributed by atoms with E-state index in [0.29, 0.717) is 24.8 Å². The third-order valence-electron chi connectivity index (χ3n) is 11.6. The molecule has 2 heterocycles. The van der Waals surface area contributed by atoms with Gasteiger partial charge in [-0.2, -0.15) is 0 Å². The second kappa shape index (κ2) is 29.8. The number of aliphatic carboxylic acids is 3. The molecule has 0 spiro atoms. The number of nitrogens with zero attached hydrogens (tertiary/aromatic N) is 7. The molecule has 384 valence electrons. The number of β-amino-alcohol motifs (C(OH)–C–C–N with tert-alkyl or cyclic N) is 1. The van der Waals surface area contributed by atoms with Gasteiger partial charge in [-0.3, -0.25) is 62.9 Å². The molecule has 0 aromatic heterocycles. The van der Waals surface area contributed by atoms with E-state index in [0.717, 1.165) is 4.90 Å². The first-order valence-electron chi connectivity index (χ1n) is 22.8. The number of hydrogen-bond donors (Lipinski definition) is 11. The average molecular weight is 977 g/mol. The zero-order valence-corrected chi connectivity index (χ0v) is 39.1. The number of nitrogens with one attached hydrogen (secondary N) is 3. The molecule has 2 fully saturated rings. The monoisotopic (exact) mass is 977 g/mol. The SMILES string of the molecule is CN(CCCCC(=O)NCc1ccc(C(=O)NCC(=O)N2CC(O)CC2B(O)O)cc1)C(=O)C(CCCN=C(N)N)NC(=O)CN1CCN(CC(=O)O)CCN(CC(=O)O)CCN(CC(=O)O)CC1. The van der Waals surface area contributed by atoms with E-state index in [1.807, 2.05) is 0 Å². The topological polar surface area (TPSA) is 378 Å². The maximum Gasteiger partial charge on any atom is 0.475 e. The highest BCUT2D eigenvalue weighted by Gasteiger charge is 2.41. The molecule has 2 aliphatic heterocycles. The molecule has 2 aliphatic rings. The predicted octanol–water partition coefficient (Wildman–Crippen LogP) is -5.35. The highest BCUT2D eigenvalue weighted by molar-refractivity contribution is 6.43. The summed E-state index contributed by atoms with van der Waals surface area (Å²) in [5, 5.41) is 65.5. The Morgan fingerprint density at radius 1 is 0.754 bits per heavy atom. The summed E-state index contributed by atoms with van der Waals surface area (Å²) in [6.45, 7) is 0.691. The number of carboxylic acids is 3. The molecule has 3 unspecified atom stereocenters. The van der Waals surface area contributed by atoms with Gasteiger partial charge in [-0.25, -0.2) is 0 Å². The number of unbranched alkanes of at least 4 members (excludes halogenated alkanes) is 1. The van der Waals surface area contributed by atoms with Gasteiger partial charge in [-0.15, -0.1) is 0 Å². The van der Waals surface area contributed by atoms with Crippen LogP contribution in [0.1, 0.15) is 54.4 Å². The first kappa shape index (κ1) is 57.4. The molecule has 13 N–H and O–H groups in total. The van der Waals surface area contributed by atoms with Crippen molar-refractivity contribution in [2.24, 2.45) is 16.5 Å². The number of carboxylic acid groups (broad SMARTS) is 3. The smallest absolute Gasteiger partial charge is 0.475 e. The predicted molar refractivity (Wildman–Crippen MR) is 249 cm³/mol. The highest BCUT2D eigenvalue weighted by atomic mass is 16.4. The first-order valence-corrected chi connectivity index (χ1v) is 22.8. The molecule has 26 nitrogen and oxygen atoms in total. The van der Waals surface area contributed by atoms with Crippen LogP contribution < -0.4 is 27.4 Å². The number of rotatable bonds is 25. The zero-order chi connectivity index (χ0) is 51.0. The van der Waals surface area contributed by atoms with Gasteiger partial charge in [0.05, 0.1) is 44.8 Å². The van der Waals surface area contributed by atoms with Crippen LogP contribution in [-0.4, -0.2) is 250 Å². The van der Waals surface area contributed by atoms with Gasteiger partial charge >= 0.3 is 25.0 Å². The van der Waals surface area contributed by atoms with Crippen molar-refractivity contribution >= 4 is 60.5 Å². The summed E-state index contributed by atoms with van der Waals surface area (Å²) in [7, 11) is -0.244. The summed E-state index contributed by atoms with van der Waals surface area (Å²) in [6.07, 6.45) is 0.687. The standard InChI is InChI=1S/C42H69BN12O14/c1-50(12-3-2-6-34(57)47-22-29-7-9-30(10-8-29)40(66)48-23-36(59)55-24-31(56)21-33(55)43(68)69)41(67)32(5-4-11-46-42(44)45)49-35(58)25-51-13-15-52(26-37(60)61)17-19-54(28-39(64)65)20-18-53(16-14-51)27-38(62)63/h7-10,31-33,56,68-69H,2-6,11-28H2,1H3,(H,47,57)(H,48,66)(H,49,58)(H,60,61)(H,62,63)(H,64,65)(H4,44,45,46). The van der Waals surface area contributed by atoms with Crippen LogP contribution in [0.5, 0.6) is 0 Å². The molecule has 0 bridgehead atoms. The lowest BCUT2D eigenvalue weighted by atomic mass is 9.77. The molecule has 0 radical (unpaired) electrons. The largest absolute Gasteiger partial charge is 0.480 e.